The first-order valence-electron chi connectivity index (χ1n) is 8.80. The Balaban J connectivity index is 2.28. The van der Waals surface area contributed by atoms with Gasteiger partial charge in [0.2, 0.25) is 0 Å². The van der Waals surface area contributed by atoms with E-state index in [1.165, 1.54) is 0 Å². The predicted octanol–water partition coefficient (Wildman–Crippen LogP) is 1.79. The van der Waals surface area contributed by atoms with Gasteiger partial charge in [0.15, 0.2) is 0 Å². The molecule has 1 aliphatic rings. The molecule has 0 aliphatic carbocycles. The maximum atomic E-state index is 12.6. The summed E-state index contributed by atoms with van der Waals surface area (Å²) in [4.78, 5) is 24.7. The number of hydrogen-bond acceptors (Lipinski definition) is 5. The molecule has 1 atom stereocenters. The minimum Gasteiger partial charge on any atom is -0.463 e. The van der Waals surface area contributed by atoms with Crippen LogP contribution in [-0.4, -0.2) is 45.4 Å². The van der Waals surface area contributed by atoms with E-state index in [0.29, 0.717) is 31.0 Å². The number of urea groups is 1. The van der Waals surface area contributed by atoms with Crippen molar-refractivity contribution in [3.63, 3.8) is 0 Å². The fraction of sp³-hybridized carbons (Fsp3) is 0.474. The molecule has 142 valence electrons. The van der Waals surface area contributed by atoms with E-state index in [1.54, 1.807) is 14.0 Å². The van der Waals surface area contributed by atoms with Gasteiger partial charge in [0.1, 0.15) is 0 Å². The Kier molecular flexibility index (Phi) is 7.62. The van der Waals surface area contributed by atoms with Gasteiger partial charge in [0, 0.05) is 26.0 Å². The standard InChI is InChI=1S/C19H27N3O4/c1-4-26-18(23)16-15(12-20-10-5-11-25-3)21-19(24)22-17(16)14-8-6-13(2)7-9-14/h6-9,17,20H,4-5,10-12H2,1-3H3,(H2,21,22,24)/t17-/m1/s1. The van der Waals surface area contributed by atoms with Crippen LogP contribution in [0.4, 0.5) is 4.79 Å². The summed E-state index contributed by atoms with van der Waals surface area (Å²) in [5.41, 5.74) is 2.91. The summed E-state index contributed by atoms with van der Waals surface area (Å²) >= 11 is 0. The van der Waals surface area contributed by atoms with E-state index in [0.717, 1.165) is 17.5 Å². The summed E-state index contributed by atoms with van der Waals surface area (Å²) in [6.07, 6.45) is 0.839. The Bertz CT molecular complexity index is 655. The van der Waals surface area contributed by atoms with E-state index in [9.17, 15) is 9.59 Å². The molecule has 7 heteroatoms. The number of methoxy groups -OCH3 is 1. The normalized spacial score (nSPS) is 16.9. The average Bonchev–Trinajstić information content (AvgIpc) is 2.62. The molecule has 0 bridgehead atoms. The third-order valence-corrected chi connectivity index (χ3v) is 4.06. The second-order valence-corrected chi connectivity index (χ2v) is 6.08. The van der Waals surface area contributed by atoms with Crippen molar-refractivity contribution >= 4 is 12.0 Å². The maximum Gasteiger partial charge on any atom is 0.338 e. The summed E-state index contributed by atoms with van der Waals surface area (Å²) in [7, 11) is 1.65. The Hall–Kier alpha value is -2.38. The van der Waals surface area contributed by atoms with Gasteiger partial charge >= 0.3 is 12.0 Å². The minimum absolute atomic E-state index is 0.269. The van der Waals surface area contributed by atoms with Crippen LogP contribution in [0.25, 0.3) is 0 Å². The lowest BCUT2D eigenvalue weighted by atomic mass is 9.94. The third-order valence-electron chi connectivity index (χ3n) is 4.06. The number of carbonyl (C=O) groups excluding carboxylic acids is 2. The number of amides is 2. The van der Waals surface area contributed by atoms with Gasteiger partial charge in [0.05, 0.1) is 18.2 Å². The third kappa shape index (κ3) is 5.31. The Labute approximate surface area is 154 Å². The van der Waals surface area contributed by atoms with Crippen LogP contribution in [0, 0.1) is 6.92 Å². The first-order valence-corrected chi connectivity index (χ1v) is 8.80. The highest BCUT2D eigenvalue weighted by Crippen LogP contribution is 2.27. The molecule has 0 radical (unpaired) electrons. The van der Waals surface area contributed by atoms with Crippen molar-refractivity contribution in [3.05, 3.63) is 46.7 Å². The predicted molar refractivity (Wildman–Crippen MR) is 98.6 cm³/mol. The summed E-state index contributed by atoms with van der Waals surface area (Å²) in [6.45, 7) is 5.75. The van der Waals surface area contributed by atoms with Gasteiger partial charge in [-0.1, -0.05) is 29.8 Å². The van der Waals surface area contributed by atoms with Crippen LogP contribution in [0.5, 0.6) is 0 Å². The van der Waals surface area contributed by atoms with E-state index in [4.69, 9.17) is 9.47 Å². The molecule has 1 heterocycles. The topological polar surface area (TPSA) is 88.7 Å². The van der Waals surface area contributed by atoms with E-state index in [-0.39, 0.29) is 12.6 Å². The van der Waals surface area contributed by atoms with Crippen LogP contribution in [0.2, 0.25) is 0 Å². The van der Waals surface area contributed by atoms with Crippen LogP contribution in [0.15, 0.2) is 35.5 Å². The van der Waals surface area contributed by atoms with Gasteiger partial charge in [-0.05, 0) is 32.4 Å². The molecule has 1 aromatic rings. The second-order valence-electron chi connectivity index (χ2n) is 6.08. The molecular formula is C19H27N3O4. The van der Waals surface area contributed by atoms with Crippen molar-refractivity contribution in [2.75, 3.05) is 33.4 Å². The highest BCUT2D eigenvalue weighted by molar-refractivity contribution is 5.95. The molecule has 26 heavy (non-hydrogen) atoms. The van der Waals surface area contributed by atoms with Crippen molar-refractivity contribution in [2.45, 2.75) is 26.3 Å². The highest BCUT2D eigenvalue weighted by Gasteiger charge is 2.33. The van der Waals surface area contributed by atoms with Crippen molar-refractivity contribution in [1.82, 2.24) is 16.0 Å². The molecule has 0 fully saturated rings. The van der Waals surface area contributed by atoms with Crippen molar-refractivity contribution in [1.29, 1.82) is 0 Å². The highest BCUT2D eigenvalue weighted by atomic mass is 16.5. The first-order chi connectivity index (χ1) is 12.6. The Morgan fingerprint density at radius 1 is 1.27 bits per heavy atom. The van der Waals surface area contributed by atoms with Gasteiger partial charge in [-0.3, -0.25) is 0 Å². The van der Waals surface area contributed by atoms with Crippen LogP contribution < -0.4 is 16.0 Å². The van der Waals surface area contributed by atoms with Crippen molar-refractivity contribution < 1.29 is 19.1 Å². The molecule has 0 unspecified atom stereocenters. The van der Waals surface area contributed by atoms with E-state index in [1.807, 2.05) is 31.2 Å². The molecule has 1 aliphatic heterocycles. The SMILES string of the molecule is CCOC(=O)C1=C(CNCCCOC)NC(=O)N[C@@H]1c1ccc(C)cc1. The van der Waals surface area contributed by atoms with Crippen LogP contribution >= 0.6 is 0 Å². The van der Waals surface area contributed by atoms with E-state index in [2.05, 4.69) is 16.0 Å². The molecule has 1 aromatic carbocycles. The van der Waals surface area contributed by atoms with Gasteiger partial charge in [-0.25, -0.2) is 9.59 Å². The lowest BCUT2D eigenvalue weighted by Crippen LogP contribution is -2.48. The summed E-state index contributed by atoms with van der Waals surface area (Å²) < 4.78 is 10.3. The minimum atomic E-state index is -0.542. The molecule has 0 aromatic heterocycles. The number of aryl methyl sites for hydroxylation is 1. The number of nitrogens with one attached hydrogen (secondary N) is 3. The lowest BCUT2D eigenvalue weighted by Gasteiger charge is -2.29. The number of esters is 1. The molecule has 0 saturated carbocycles. The van der Waals surface area contributed by atoms with Gasteiger partial charge in [-0.2, -0.15) is 0 Å². The summed E-state index contributed by atoms with van der Waals surface area (Å²) in [5.74, 6) is -0.431. The molecule has 3 N–H and O–H groups in total. The molecule has 2 amide bonds. The number of hydrogen-bond donors (Lipinski definition) is 3. The van der Waals surface area contributed by atoms with Gasteiger partial charge in [0.25, 0.3) is 0 Å². The van der Waals surface area contributed by atoms with Crippen LogP contribution in [0.3, 0.4) is 0 Å². The lowest BCUT2D eigenvalue weighted by molar-refractivity contribution is -0.139. The number of carbonyl (C=O) groups is 2. The second kappa shape index (κ2) is 9.94. The molecule has 7 nitrogen and oxygen atoms in total. The fourth-order valence-electron chi connectivity index (χ4n) is 2.77. The first kappa shape index (κ1) is 19.9. The maximum absolute atomic E-state index is 12.6. The van der Waals surface area contributed by atoms with Crippen LogP contribution in [-0.2, 0) is 14.3 Å². The number of ether oxygens (including phenoxy) is 2. The molecule has 0 spiro atoms. The van der Waals surface area contributed by atoms with E-state index < -0.39 is 12.0 Å². The molecule has 0 saturated heterocycles. The molecular weight excluding hydrogens is 334 g/mol. The Morgan fingerprint density at radius 3 is 2.65 bits per heavy atom. The zero-order valence-corrected chi connectivity index (χ0v) is 15.6. The van der Waals surface area contributed by atoms with Crippen molar-refractivity contribution in [2.24, 2.45) is 0 Å². The van der Waals surface area contributed by atoms with Gasteiger partial charge < -0.3 is 25.4 Å². The zero-order valence-electron chi connectivity index (χ0n) is 15.6. The molecule has 2 rings (SSSR count). The summed E-state index contributed by atoms with van der Waals surface area (Å²) in [6, 6.07) is 6.85. The largest absolute Gasteiger partial charge is 0.463 e. The smallest absolute Gasteiger partial charge is 0.338 e. The summed E-state index contributed by atoms with van der Waals surface area (Å²) in [5, 5.41) is 8.80. The van der Waals surface area contributed by atoms with Crippen LogP contribution in [0.1, 0.15) is 30.5 Å². The van der Waals surface area contributed by atoms with Gasteiger partial charge in [-0.15, -0.1) is 0 Å². The quantitative estimate of drug-likeness (QED) is 0.461. The Morgan fingerprint density at radius 2 is 2.00 bits per heavy atom. The fourth-order valence-corrected chi connectivity index (χ4v) is 2.77. The van der Waals surface area contributed by atoms with E-state index >= 15 is 0 Å². The van der Waals surface area contributed by atoms with Crippen molar-refractivity contribution in [3.8, 4) is 0 Å². The number of rotatable bonds is 9. The average molecular weight is 361 g/mol. The monoisotopic (exact) mass is 361 g/mol. The number of benzene rings is 1. The zero-order chi connectivity index (χ0) is 18.9.